The summed E-state index contributed by atoms with van der Waals surface area (Å²) in [4.78, 5) is 34.2. The summed E-state index contributed by atoms with van der Waals surface area (Å²) >= 11 is 0. The van der Waals surface area contributed by atoms with Gasteiger partial charge in [0.25, 0.3) is 5.91 Å². The highest BCUT2D eigenvalue weighted by atomic mass is 16.5. The molecule has 4 aromatic rings. The fourth-order valence-electron chi connectivity index (χ4n) is 3.64. The number of anilines is 2. The van der Waals surface area contributed by atoms with Crippen molar-refractivity contribution in [2.75, 3.05) is 23.4 Å². The first-order valence-corrected chi connectivity index (χ1v) is 10.0. The van der Waals surface area contributed by atoms with E-state index in [1.165, 1.54) is 0 Å². The van der Waals surface area contributed by atoms with E-state index in [4.69, 9.17) is 4.74 Å². The first kappa shape index (κ1) is 18.9. The third kappa shape index (κ3) is 3.85. The summed E-state index contributed by atoms with van der Waals surface area (Å²) in [6, 6.07) is 22.7. The maximum Gasteiger partial charge on any atom is 0.265 e. The average Bonchev–Trinajstić information content (AvgIpc) is 3.23. The van der Waals surface area contributed by atoms with E-state index in [0.29, 0.717) is 23.7 Å². The van der Waals surface area contributed by atoms with E-state index in [-0.39, 0.29) is 24.8 Å². The summed E-state index contributed by atoms with van der Waals surface area (Å²) in [5, 5.41) is 2.89. The smallest absolute Gasteiger partial charge is 0.265 e. The number of benzene rings is 3. The SMILES string of the molecule is O=C(CCN1C(=O)COc2ccccc21)Nc1ccc(-c2nc3ccccc3[nH]2)cc1. The van der Waals surface area contributed by atoms with E-state index in [2.05, 4.69) is 15.3 Å². The summed E-state index contributed by atoms with van der Waals surface area (Å²) in [5.41, 5.74) is 4.22. The molecule has 5 rings (SSSR count). The number of aromatic amines is 1. The first-order chi connectivity index (χ1) is 15.2. The average molecular weight is 412 g/mol. The van der Waals surface area contributed by atoms with Gasteiger partial charge in [0.15, 0.2) is 6.61 Å². The molecule has 31 heavy (non-hydrogen) atoms. The molecule has 0 radical (unpaired) electrons. The van der Waals surface area contributed by atoms with Crippen LogP contribution in [-0.2, 0) is 9.59 Å². The number of amides is 2. The molecule has 2 amide bonds. The lowest BCUT2D eigenvalue weighted by atomic mass is 10.2. The number of hydrogen-bond acceptors (Lipinski definition) is 4. The zero-order chi connectivity index (χ0) is 21.2. The summed E-state index contributed by atoms with van der Waals surface area (Å²) in [7, 11) is 0. The normalized spacial score (nSPS) is 13.0. The molecule has 1 aromatic heterocycles. The van der Waals surface area contributed by atoms with Gasteiger partial charge in [0.05, 0.1) is 16.7 Å². The molecule has 0 bridgehead atoms. The molecule has 0 unspecified atom stereocenters. The van der Waals surface area contributed by atoms with Crippen LogP contribution < -0.4 is 15.0 Å². The molecule has 1 aliphatic heterocycles. The Bertz CT molecular complexity index is 1230. The Morgan fingerprint density at radius 3 is 2.65 bits per heavy atom. The predicted molar refractivity (Wildman–Crippen MR) is 119 cm³/mol. The topological polar surface area (TPSA) is 87.3 Å². The molecule has 7 heteroatoms. The van der Waals surface area contributed by atoms with E-state index in [1.54, 1.807) is 4.90 Å². The molecule has 2 N–H and O–H groups in total. The Balaban J connectivity index is 1.22. The van der Waals surface area contributed by atoms with Crippen molar-refractivity contribution in [3.63, 3.8) is 0 Å². The minimum Gasteiger partial charge on any atom is -0.482 e. The minimum absolute atomic E-state index is 0.0120. The number of fused-ring (bicyclic) bond motifs is 2. The number of nitrogens with zero attached hydrogens (tertiary/aromatic N) is 2. The number of carbonyl (C=O) groups is 2. The maximum atomic E-state index is 12.4. The van der Waals surface area contributed by atoms with Crippen LogP contribution in [0.15, 0.2) is 72.8 Å². The van der Waals surface area contributed by atoms with Gasteiger partial charge in [0.1, 0.15) is 11.6 Å². The molecule has 7 nitrogen and oxygen atoms in total. The molecule has 3 aromatic carbocycles. The quantitative estimate of drug-likeness (QED) is 0.519. The van der Waals surface area contributed by atoms with Crippen molar-refractivity contribution in [1.82, 2.24) is 9.97 Å². The molecule has 0 saturated heterocycles. The van der Waals surface area contributed by atoms with Gasteiger partial charge >= 0.3 is 0 Å². The summed E-state index contributed by atoms with van der Waals surface area (Å²) < 4.78 is 5.44. The zero-order valence-corrected chi connectivity index (χ0v) is 16.7. The van der Waals surface area contributed by atoms with E-state index in [9.17, 15) is 9.59 Å². The van der Waals surface area contributed by atoms with E-state index >= 15 is 0 Å². The van der Waals surface area contributed by atoms with Gasteiger partial charge in [-0.25, -0.2) is 4.98 Å². The highest BCUT2D eigenvalue weighted by molar-refractivity contribution is 5.99. The molecule has 0 fully saturated rings. The molecule has 0 spiro atoms. The number of para-hydroxylation sites is 4. The lowest BCUT2D eigenvalue weighted by molar-refractivity contribution is -0.121. The van der Waals surface area contributed by atoms with Gasteiger partial charge in [-0.1, -0.05) is 24.3 Å². The highest BCUT2D eigenvalue weighted by Crippen LogP contribution is 2.31. The number of nitrogens with one attached hydrogen (secondary N) is 2. The largest absolute Gasteiger partial charge is 0.482 e. The first-order valence-electron chi connectivity index (χ1n) is 10.0. The summed E-state index contributed by atoms with van der Waals surface area (Å²) in [5.74, 6) is 1.13. The zero-order valence-electron chi connectivity index (χ0n) is 16.7. The Morgan fingerprint density at radius 2 is 1.81 bits per heavy atom. The summed E-state index contributed by atoms with van der Waals surface area (Å²) in [6.45, 7) is 0.282. The molecular formula is C24H20N4O3. The van der Waals surface area contributed by atoms with Gasteiger partial charge in [0, 0.05) is 24.2 Å². The number of carbonyl (C=O) groups excluding carboxylic acids is 2. The maximum absolute atomic E-state index is 12.4. The number of rotatable bonds is 5. The molecule has 1 aliphatic rings. The number of hydrogen-bond donors (Lipinski definition) is 2. The van der Waals surface area contributed by atoms with Gasteiger partial charge < -0.3 is 19.9 Å². The second kappa shape index (κ2) is 7.95. The monoisotopic (exact) mass is 412 g/mol. The van der Waals surface area contributed by atoms with Crippen molar-refractivity contribution in [2.24, 2.45) is 0 Å². The Kier molecular flexibility index (Phi) is 4.84. The van der Waals surface area contributed by atoms with Crippen LogP contribution in [0.5, 0.6) is 5.75 Å². The van der Waals surface area contributed by atoms with Crippen LogP contribution in [0, 0.1) is 0 Å². The van der Waals surface area contributed by atoms with Gasteiger partial charge in [0.2, 0.25) is 5.91 Å². The third-order valence-corrected chi connectivity index (χ3v) is 5.20. The molecule has 0 atom stereocenters. The summed E-state index contributed by atoms with van der Waals surface area (Å²) in [6.07, 6.45) is 0.186. The van der Waals surface area contributed by atoms with Crippen LogP contribution in [0.1, 0.15) is 6.42 Å². The van der Waals surface area contributed by atoms with E-state index in [1.807, 2.05) is 72.8 Å². The molecule has 0 saturated carbocycles. The van der Waals surface area contributed by atoms with Crippen LogP contribution in [0.4, 0.5) is 11.4 Å². The van der Waals surface area contributed by atoms with Gasteiger partial charge in [-0.3, -0.25) is 9.59 Å². The number of H-pyrrole nitrogens is 1. The number of aromatic nitrogens is 2. The van der Waals surface area contributed by atoms with Crippen molar-refractivity contribution in [3.05, 3.63) is 72.8 Å². The number of ether oxygens (including phenoxy) is 1. The minimum atomic E-state index is -0.159. The fourth-order valence-corrected chi connectivity index (χ4v) is 3.64. The number of imidazole rings is 1. The highest BCUT2D eigenvalue weighted by Gasteiger charge is 2.25. The second-order valence-corrected chi connectivity index (χ2v) is 7.28. The van der Waals surface area contributed by atoms with Crippen LogP contribution >= 0.6 is 0 Å². The van der Waals surface area contributed by atoms with Gasteiger partial charge in [-0.2, -0.15) is 0 Å². The van der Waals surface area contributed by atoms with E-state index < -0.39 is 0 Å². The van der Waals surface area contributed by atoms with Crippen LogP contribution in [0.2, 0.25) is 0 Å². The Hall–Kier alpha value is -4.13. The molecule has 2 heterocycles. The van der Waals surface area contributed by atoms with Gasteiger partial charge in [-0.15, -0.1) is 0 Å². The second-order valence-electron chi connectivity index (χ2n) is 7.28. The van der Waals surface area contributed by atoms with Crippen molar-refractivity contribution >= 4 is 34.2 Å². The molecular weight excluding hydrogens is 392 g/mol. The third-order valence-electron chi connectivity index (χ3n) is 5.20. The van der Waals surface area contributed by atoms with E-state index in [0.717, 1.165) is 22.4 Å². The van der Waals surface area contributed by atoms with Gasteiger partial charge in [-0.05, 0) is 48.5 Å². The molecule has 0 aliphatic carbocycles. The van der Waals surface area contributed by atoms with Crippen LogP contribution in [0.3, 0.4) is 0 Å². The fraction of sp³-hybridized carbons (Fsp3) is 0.125. The van der Waals surface area contributed by atoms with Crippen molar-refractivity contribution in [3.8, 4) is 17.1 Å². The predicted octanol–water partition coefficient (Wildman–Crippen LogP) is 3.98. The molecule has 154 valence electrons. The van der Waals surface area contributed by atoms with Crippen LogP contribution in [0.25, 0.3) is 22.4 Å². The standard InChI is InChI=1S/C24H20N4O3/c29-22(13-14-28-20-7-3-4-8-21(20)31-15-23(28)30)25-17-11-9-16(10-12-17)24-26-18-5-1-2-6-19(18)27-24/h1-12H,13-15H2,(H,25,29)(H,26,27). The lowest BCUT2D eigenvalue weighted by Crippen LogP contribution is -2.40. The van der Waals surface area contributed by atoms with Crippen LogP contribution in [-0.4, -0.2) is 34.9 Å². The Morgan fingerprint density at radius 1 is 1.03 bits per heavy atom. The van der Waals surface area contributed by atoms with Crippen molar-refractivity contribution in [2.45, 2.75) is 6.42 Å². The van der Waals surface area contributed by atoms with Crippen molar-refractivity contribution in [1.29, 1.82) is 0 Å². The lowest BCUT2D eigenvalue weighted by Gasteiger charge is -2.29. The van der Waals surface area contributed by atoms with Crippen molar-refractivity contribution < 1.29 is 14.3 Å². The Labute approximate surface area is 178 Å².